The number of nitrogens with one attached hydrogen (secondary N) is 3. The average molecular weight is 283 g/mol. The van der Waals surface area contributed by atoms with E-state index < -0.39 is 11.8 Å². The van der Waals surface area contributed by atoms with Crippen LogP contribution in [0, 0.1) is 5.92 Å². The topological polar surface area (TPSA) is 104 Å². The van der Waals surface area contributed by atoms with E-state index in [1.807, 2.05) is 0 Å². The van der Waals surface area contributed by atoms with Gasteiger partial charge in [0.05, 0.1) is 19.6 Å². The van der Waals surface area contributed by atoms with E-state index in [0.717, 1.165) is 25.7 Å². The van der Waals surface area contributed by atoms with Crippen molar-refractivity contribution < 1.29 is 19.2 Å². The molecule has 7 heteroatoms. The van der Waals surface area contributed by atoms with E-state index in [2.05, 4.69) is 16.0 Å². The smallest absolute Gasteiger partial charge is 0.239 e. The second-order valence-corrected chi connectivity index (χ2v) is 4.80. The molecular weight excluding hydrogens is 262 g/mol. The van der Waals surface area contributed by atoms with Crippen LogP contribution in [-0.4, -0.2) is 43.6 Å². The van der Waals surface area contributed by atoms with Crippen LogP contribution in [0.1, 0.15) is 32.1 Å². The summed E-state index contributed by atoms with van der Waals surface area (Å²) in [5, 5.41) is 7.24. The van der Waals surface area contributed by atoms with Gasteiger partial charge >= 0.3 is 0 Å². The van der Waals surface area contributed by atoms with E-state index in [1.54, 1.807) is 0 Å². The molecule has 0 aromatic carbocycles. The Bertz CT molecular complexity index is 365. The molecule has 0 heterocycles. The summed E-state index contributed by atoms with van der Waals surface area (Å²) in [6.07, 6.45) is 5.59. The van der Waals surface area contributed by atoms with Gasteiger partial charge in [-0.2, -0.15) is 0 Å². The highest BCUT2D eigenvalue weighted by Crippen LogP contribution is 2.23. The summed E-state index contributed by atoms with van der Waals surface area (Å²) in [6, 6.07) is 0. The maximum absolute atomic E-state index is 11.8. The Morgan fingerprint density at radius 3 is 2.15 bits per heavy atom. The normalized spacial score (nSPS) is 15.2. The van der Waals surface area contributed by atoms with Gasteiger partial charge in [-0.1, -0.05) is 19.3 Å². The van der Waals surface area contributed by atoms with Gasteiger partial charge in [-0.05, 0) is 12.8 Å². The molecule has 0 atom stereocenters. The predicted molar refractivity (Wildman–Crippen MR) is 71.7 cm³/mol. The van der Waals surface area contributed by atoms with Gasteiger partial charge in [-0.3, -0.25) is 14.4 Å². The second kappa shape index (κ2) is 9.06. The Morgan fingerprint density at radius 1 is 0.900 bits per heavy atom. The number of rotatable bonds is 7. The van der Waals surface area contributed by atoms with Crippen LogP contribution in [-0.2, 0) is 19.2 Å². The van der Waals surface area contributed by atoms with Crippen LogP contribution in [0.5, 0.6) is 0 Å². The van der Waals surface area contributed by atoms with Crippen molar-refractivity contribution in [2.75, 3.05) is 19.6 Å². The molecule has 0 spiro atoms. The molecule has 1 rings (SSSR count). The van der Waals surface area contributed by atoms with Gasteiger partial charge in [0.2, 0.25) is 17.7 Å². The highest BCUT2D eigenvalue weighted by Gasteiger charge is 2.21. The molecule has 3 amide bonds. The molecule has 1 fully saturated rings. The quantitative estimate of drug-likeness (QED) is 0.527. The maximum Gasteiger partial charge on any atom is 0.239 e. The molecular formula is C13H21N3O4. The molecule has 1 aliphatic carbocycles. The molecule has 0 bridgehead atoms. The van der Waals surface area contributed by atoms with Gasteiger partial charge in [0, 0.05) is 5.92 Å². The number of hydrogen-bond donors (Lipinski definition) is 3. The summed E-state index contributed by atoms with van der Waals surface area (Å²) in [6.45, 7) is -0.407. The van der Waals surface area contributed by atoms with Crippen molar-refractivity contribution in [3.63, 3.8) is 0 Å². The van der Waals surface area contributed by atoms with Gasteiger partial charge in [0.15, 0.2) is 0 Å². The Kier molecular flexibility index (Phi) is 7.31. The first-order valence-electron chi connectivity index (χ1n) is 6.88. The Labute approximate surface area is 117 Å². The minimum absolute atomic E-state index is 0.00689. The molecule has 0 unspecified atom stereocenters. The molecule has 1 saturated carbocycles. The van der Waals surface area contributed by atoms with Crippen LogP contribution >= 0.6 is 0 Å². The Hall–Kier alpha value is -1.92. The summed E-state index contributed by atoms with van der Waals surface area (Å²) < 4.78 is 0. The minimum atomic E-state index is -0.441. The van der Waals surface area contributed by atoms with E-state index in [1.165, 1.54) is 6.42 Å². The molecule has 0 aromatic rings. The van der Waals surface area contributed by atoms with Gasteiger partial charge in [0.1, 0.15) is 6.29 Å². The summed E-state index contributed by atoms with van der Waals surface area (Å²) in [5.74, 6) is -0.947. The van der Waals surface area contributed by atoms with Crippen molar-refractivity contribution in [1.82, 2.24) is 16.0 Å². The number of carbonyl (C=O) groups is 4. The first kappa shape index (κ1) is 16.1. The Balaban J connectivity index is 2.14. The van der Waals surface area contributed by atoms with Crippen LogP contribution in [0.25, 0.3) is 0 Å². The zero-order valence-electron chi connectivity index (χ0n) is 11.4. The molecule has 0 aliphatic heterocycles. The fraction of sp³-hybridized carbons (Fsp3) is 0.692. The maximum atomic E-state index is 11.8. The SMILES string of the molecule is O=CCNC(=O)CNC(=O)CNC(=O)C1CCCCC1. The largest absolute Gasteiger partial charge is 0.348 e. The van der Waals surface area contributed by atoms with E-state index in [4.69, 9.17) is 0 Å². The first-order valence-corrected chi connectivity index (χ1v) is 6.88. The third-order valence-corrected chi connectivity index (χ3v) is 3.23. The second-order valence-electron chi connectivity index (χ2n) is 4.80. The molecule has 20 heavy (non-hydrogen) atoms. The molecule has 0 saturated heterocycles. The van der Waals surface area contributed by atoms with Crippen LogP contribution in [0.15, 0.2) is 0 Å². The number of carbonyl (C=O) groups excluding carboxylic acids is 4. The van der Waals surface area contributed by atoms with Crippen molar-refractivity contribution in [2.24, 2.45) is 5.92 Å². The average Bonchev–Trinajstić information content (AvgIpc) is 2.49. The van der Waals surface area contributed by atoms with Gasteiger partial charge in [-0.25, -0.2) is 0 Å². The molecule has 7 nitrogen and oxygen atoms in total. The van der Waals surface area contributed by atoms with Crippen molar-refractivity contribution in [3.8, 4) is 0 Å². The van der Waals surface area contributed by atoms with Crippen LogP contribution in [0.3, 0.4) is 0 Å². The fourth-order valence-corrected chi connectivity index (χ4v) is 2.14. The number of aldehydes is 1. The van der Waals surface area contributed by atoms with Crippen LogP contribution in [0.2, 0.25) is 0 Å². The van der Waals surface area contributed by atoms with Crippen molar-refractivity contribution in [1.29, 1.82) is 0 Å². The lowest BCUT2D eigenvalue weighted by molar-refractivity contribution is -0.130. The first-order chi connectivity index (χ1) is 9.63. The summed E-state index contributed by atoms with van der Waals surface area (Å²) >= 11 is 0. The summed E-state index contributed by atoms with van der Waals surface area (Å²) in [7, 11) is 0. The minimum Gasteiger partial charge on any atom is -0.348 e. The standard InChI is InChI=1S/C13H21N3O4/c17-7-6-14-11(18)8-15-12(19)9-16-13(20)10-4-2-1-3-5-10/h7,10H,1-6,8-9H2,(H,14,18)(H,15,19)(H,16,20). The molecule has 112 valence electrons. The van der Waals surface area contributed by atoms with Crippen LogP contribution in [0.4, 0.5) is 0 Å². The van der Waals surface area contributed by atoms with Crippen molar-refractivity contribution in [2.45, 2.75) is 32.1 Å². The zero-order chi connectivity index (χ0) is 14.8. The lowest BCUT2D eigenvalue weighted by Crippen LogP contribution is -2.43. The zero-order valence-corrected chi connectivity index (χ0v) is 11.4. The molecule has 0 aromatic heterocycles. The van der Waals surface area contributed by atoms with Crippen molar-refractivity contribution >= 4 is 24.0 Å². The number of amides is 3. The van der Waals surface area contributed by atoms with Gasteiger partial charge in [0.25, 0.3) is 0 Å². The Morgan fingerprint density at radius 2 is 1.50 bits per heavy atom. The third kappa shape index (κ3) is 6.31. The fourth-order valence-electron chi connectivity index (χ4n) is 2.14. The highest BCUT2D eigenvalue weighted by atomic mass is 16.2. The summed E-state index contributed by atoms with van der Waals surface area (Å²) in [4.78, 5) is 44.4. The van der Waals surface area contributed by atoms with E-state index >= 15 is 0 Å². The predicted octanol–water partition coefficient (Wildman–Crippen LogP) is -0.886. The van der Waals surface area contributed by atoms with E-state index in [0.29, 0.717) is 6.29 Å². The highest BCUT2D eigenvalue weighted by molar-refractivity contribution is 5.89. The van der Waals surface area contributed by atoms with Crippen LogP contribution < -0.4 is 16.0 Å². The molecule has 3 N–H and O–H groups in total. The molecule has 0 radical (unpaired) electrons. The monoisotopic (exact) mass is 283 g/mol. The summed E-state index contributed by atoms with van der Waals surface area (Å²) in [5.41, 5.74) is 0. The third-order valence-electron chi connectivity index (χ3n) is 3.23. The van der Waals surface area contributed by atoms with E-state index in [-0.39, 0.29) is 31.5 Å². The van der Waals surface area contributed by atoms with Gasteiger partial charge in [-0.15, -0.1) is 0 Å². The molecule has 1 aliphatic rings. The lowest BCUT2D eigenvalue weighted by atomic mass is 9.89. The van der Waals surface area contributed by atoms with Crippen molar-refractivity contribution in [3.05, 3.63) is 0 Å². The number of hydrogen-bond acceptors (Lipinski definition) is 4. The van der Waals surface area contributed by atoms with Gasteiger partial charge < -0.3 is 20.7 Å². The lowest BCUT2D eigenvalue weighted by Gasteiger charge is -2.20. The van der Waals surface area contributed by atoms with E-state index in [9.17, 15) is 19.2 Å².